The Balaban J connectivity index is 1.60. The fraction of sp³-hybridized carbons (Fsp3) is 0.533. The summed E-state index contributed by atoms with van der Waals surface area (Å²) in [6.07, 6.45) is 3.94. The SMILES string of the molecule is Cc1cccc(OCCNC(N)=NCC2CCC2)c1. The highest BCUT2D eigenvalue weighted by atomic mass is 16.5. The van der Waals surface area contributed by atoms with Crippen molar-refractivity contribution in [1.82, 2.24) is 5.32 Å². The molecule has 19 heavy (non-hydrogen) atoms. The summed E-state index contributed by atoms with van der Waals surface area (Å²) >= 11 is 0. The van der Waals surface area contributed by atoms with Crippen molar-refractivity contribution < 1.29 is 4.74 Å². The highest BCUT2D eigenvalue weighted by molar-refractivity contribution is 5.77. The summed E-state index contributed by atoms with van der Waals surface area (Å²) in [5.41, 5.74) is 6.99. The Morgan fingerprint density at radius 1 is 1.47 bits per heavy atom. The molecule has 0 saturated heterocycles. The minimum atomic E-state index is 0.528. The number of hydrogen-bond acceptors (Lipinski definition) is 2. The van der Waals surface area contributed by atoms with Gasteiger partial charge in [0.05, 0.1) is 6.54 Å². The van der Waals surface area contributed by atoms with Gasteiger partial charge in [-0.2, -0.15) is 0 Å². The Bertz CT molecular complexity index is 427. The van der Waals surface area contributed by atoms with E-state index in [4.69, 9.17) is 10.5 Å². The number of rotatable bonds is 6. The van der Waals surface area contributed by atoms with Gasteiger partial charge in [-0.15, -0.1) is 0 Å². The van der Waals surface area contributed by atoms with Gasteiger partial charge in [-0.3, -0.25) is 4.99 Å². The molecular weight excluding hydrogens is 238 g/mol. The van der Waals surface area contributed by atoms with Crippen molar-refractivity contribution in [3.63, 3.8) is 0 Å². The first kappa shape index (κ1) is 13.7. The summed E-state index contributed by atoms with van der Waals surface area (Å²) in [6, 6.07) is 8.03. The van der Waals surface area contributed by atoms with Crippen molar-refractivity contribution in [2.45, 2.75) is 26.2 Å². The average Bonchev–Trinajstić information content (AvgIpc) is 2.33. The lowest BCUT2D eigenvalue weighted by Crippen LogP contribution is -2.35. The molecule has 3 N–H and O–H groups in total. The number of nitrogens with one attached hydrogen (secondary N) is 1. The zero-order valence-corrected chi connectivity index (χ0v) is 11.6. The number of guanidine groups is 1. The van der Waals surface area contributed by atoms with Crippen LogP contribution >= 0.6 is 0 Å². The fourth-order valence-corrected chi connectivity index (χ4v) is 2.01. The minimum absolute atomic E-state index is 0.528. The molecule has 0 unspecified atom stereocenters. The van der Waals surface area contributed by atoms with Gasteiger partial charge in [-0.05, 0) is 43.4 Å². The lowest BCUT2D eigenvalue weighted by atomic mass is 9.86. The molecule has 2 rings (SSSR count). The van der Waals surface area contributed by atoms with Gasteiger partial charge >= 0.3 is 0 Å². The standard InChI is InChI=1S/C15H23N3O/c1-12-4-2-7-14(10-12)19-9-8-17-15(16)18-11-13-5-3-6-13/h2,4,7,10,13H,3,5-6,8-9,11H2,1H3,(H3,16,17,18). The van der Waals surface area contributed by atoms with Gasteiger partial charge in [0, 0.05) is 6.54 Å². The van der Waals surface area contributed by atoms with Crippen LogP contribution in [0, 0.1) is 12.8 Å². The topological polar surface area (TPSA) is 59.6 Å². The molecule has 4 heteroatoms. The molecule has 0 aliphatic heterocycles. The van der Waals surface area contributed by atoms with Gasteiger partial charge in [0.1, 0.15) is 12.4 Å². The molecule has 0 heterocycles. The van der Waals surface area contributed by atoms with Gasteiger partial charge in [-0.25, -0.2) is 0 Å². The summed E-state index contributed by atoms with van der Waals surface area (Å²) in [7, 11) is 0. The van der Waals surface area contributed by atoms with E-state index < -0.39 is 0 Å². The highest BCUT2D eigenvalue weighted by Crippen LogP contribution is 2.26. The number of aliphatic imine (C=N–C) groups is 1. The monoisotopic (exact) mass is 261 g/mol. The lowest BCUT2D eigenvalue weighted by Gasteiger charge is -2.23. The first-order valence-corrected chi connectivity index (χ1v) is 6.97. The highest BCUT2D eigenvalue weighted by Gasteiger charge is 2.16. The Labute approximate surface area is 115 Å². The second kappa shape index (κ2) is 7.02. The van der Waals surface area contributed by atoms with E-state index in [2.05, 4.69) is 23.3 Å². The Kier molecular flexibility index (Phi) is 5.07. The molecule has 0 spiro atoms. The lowest BCUT2D eigenvalue weighted by molar-refractivity contribution is 0.320. The molecule has 0 bridgehead atoms. The quantitative estimate of drug-likeness (QED) is 0.468. The van der Waals surface area contributed by atoms with Crippen molar-refractivity contribution in [2.24, 2.45) is 16.6 Å². The van der Waals surface area contributed by atoms with Crippen LogP contribution in [0.25, 0.3) is 0 Å². The zero-order valence-electron chi connectivity index (χ0n) is 11.6. The number of hydrogen-bond donors (Lipinski definition) is 2. The predicted molar refractivity (Wildman–Crippen MR) is 78.5 cm³/mol. The molecule has 1 aromatic carbocycles. The van der Waals surface area contributed by atoms with Gasteiger partial charge in [0.25, 0.3) is 0 Å². The minimum Gasteiger partial charge on any atom is -0.492 e. The van der Waals surface area contributed by atoms with E-state index in [1.54, 1.807) is 0 Å². The van der Waals surface area contributed by atoms with Crippen LogP contribution in [0.15, 0.2) is 29.3 Å². The van der Waals surface area contributed by atoms with Gasteiger partial charge in [0.15, 0.2) is 5.96 Å². The van der Waals surface area contributed by atoms with E-state index in [0.717, 1.165) is 18.2 Å². The summed E-state index contributed by atoms with van der Waals surface area (Å²) in [6.45, 7) is 4.17. The number of nitrogens with two attached hydrogens (primary N) is 1. The second-order valence-corrected chi connectivity index (χ2v) is 5.11. The van der Waals surface area contributed by atoms with Crippen molar-refractivity contribution in [2.75, 3.05) is 19.7 Å². The Hall–Kier alpha value is -1.71. The van der Waals surface area contributed by atoms with Crippen LogP contribution in [0.4, 0.5) is 0 Å². The first-order chi connectivity index (χ1) is 9.24. The van der Waals surface area contributed by atoms with Gasteiger partial charge in [-0.1, -0.05) is 18.6 Å². The summed E-state index contributed by atoms with van der Waals surface area (Å²) in [5.74, 6) is 2.18. The van der Waals surface area contributed by atoms with Crippen LogP contribution in [0.1, 0.15) is 24.8 Å². The van der Waals surface area contributed by atoms with Crippen molar-refractivity contribution in [3.8, 4) is 5.75 Å². The van der Waals surface area contributed by atoms with Crippen LogP contribution in [-0.2, 0) is 0 Å². The third-order valence-electron chi connectivity index (χ3n) is 3.41. The van der Waals surface area contributed by atoms with Crippen molar-refractivity contribution in [1.29, 1.82) is 0 Å². The second-order valence-electron chi connectivity index (χ2n) is 5.11. The van der Waals surface area contributed by atoms with Crippen LogP contribution in [0.5, 0.6) is 5.75 Å². The van der Waals surface area contributed by atoms with Gasteiger partial charge in [0.2, 0.25) is 0 Å². The Morgan fingerprint density at radius 3 is 3.00 bits per heavy atom. The summed E-state index contributed by atoms with van der Waals surface area (Å²) in [4.78, 5) is 4.33. The number of nitrogens with zero attached hydrogens (tertiary/aromatic N) is 1. The van der Waals surface area contributed by atoms with E-state index >= 15 is 0 Å². The average molecular weight is 261 g/mol. The Morgan fingerprint density at radius 2 is 2.32 bits per heavy atom. The van der Waals surface area contributed by atoms with Crippen LogP contribution < -0.4 is 15.8 Å². The number of benzene rings is 1. The summed E-state index contributed by atoms with van der Waals surface area (Å²) in [5, 5.41) is 3.07. The molecule has 1 fully saturated rings. The third-order valence-corrected chi connectivity index (χ3v) is 3.41. The molecule has 1 aliphatic carbocycles. The smallest absolute Gasteiger partial charge is 0.188 e. The molecule has 0 radical (unpaired) electrons. The maximum atomic E-state index is 5.79. The normalized spacial score (nSPS) is 15.9. The van der Waals surface area contributed by atoms with E-state index in [1.807, 2.05) is 18.2 Å². The van der Waals surface area contributed by atoms with Crippen molar-refractivity contribution in [3.05, 3.63) is 29.8 Å². The third kappa shape index (κ3) is 4.81. The van der Waals surface area contributed by atoms with E-state index in [9.17, 15) is 0 Å². The van der Waals surface area contributed by atoms with E-state index in [1.165, 1.54) is 24.8 Å². The molecule has 1 saturated carbocycles. The molecule has 0 aromatic heterocycles. The summed E-state index contributed by atoms with van der Waals surface area (Å²) < 4.78 is 5.62. The molecule has 104 valence electrons. The molecule has 1 aromatic rings. The number of ether oxygens (including phenoxy) is 1. The van der Waals surface area contributed by atoms with E-state index in [0.29, 0.717) is 19.1 Å². The predicted octanol–water partition coefficient (Wildman–Crippen LogP) is 2.08. The van der Waals surface area contributed by atoms with Crippen LogP contribution in [-0.4, -0.2) is 25.7 Å². The largest absolute Gasteiger partial charge is 0.492 e. The van der Waals surface area contributed by atoms with Crippen molar-refractivity contribution >= 4 is 5.96 Å². The molecule has 4 nitrogen and oxygen atoms in total. The van der Waals surface area contributed by atoms with E-state index in [-0.39, 0.29) is 0 Å². The number of aryl methyl sites for hydroxylation is 1. The molecular formula is C15H23N3O. The fourth-order valence-electron chi connectivity index (χ4n) is 2.01. The zero-order chi connectivity index (χ0) is 13.5. The molecule has 1 aliphatic rings. The molecule has 0 atom stereocenters. The van der Waals surface area contributed by atoms with Gasteiger partial charge < -0.3 is 15.8 Å². The maximum absolute atomic E-state index is 5.79. The first-order valence-electron chi connectivity index (χ1n) is 6.97. The maximum Gasteiger partial charge on any atom is 0.188 e. The molecule has 0 amide bonds. The van der Waals surface area contributed by atoms with Crippen LogP contribution in [0.3, 0.4) is 0 Å². The van der Waals surface area contributed by atoms with Crippen LogP contribution in [0.2, 0.25) is 0 Å².